The second kappa shape index (κ2) is 6.34. The van der Waals surface area contributed by atoms with Gasteiger partial charge in [-0.05, 0) is 18.9 Å². The Balaban J connectivity index is 1.79. The van der Waals surface area contributed by atoms with Crippen molar-refractivity contribution < 1.29 is 14.3 Å². The van der Waals surface area contributed by atoms with Gasteiger partial charge in [-0.3, -0.25) is 14.5 Å². The lowest BCUT2D eigenvalue weighted by Crippen LogP contribution is -2.40. The van der Waals surface area contributed by atoms with E-state index < -0.39 is 0 Å². The molecule has 2 heterocycles. The standard InChI is InChI=1S/C13H23N3O3/c1-15(3-4-19-2)9-13(18)16-7-10-5-12(17)14-6-11(10)8-16/h10-11H,3-9H2,1-2H3,(H,14,17)/t10-,11+/m1/s1. The van der Waals surface area contributed by atoms with E-state index >= 15 is 0 Å². The van der Waals surface area contributed by atoms with Crippen molar-refractivity contribution in [2.45, 2.75) is 6.42 Å². The fraction of sp³-hybridized carbons (Fsp3) is 0.846. The molecule has 2 saturated heterocycles. The minimum absolute atomic E-state index is 0.118. The van der Waals surface area contributed by atoms with Crippen molar-refractivity contribution in [2.24, 2.45) is 11.8 Å². The van der Waals surface area contributed by atoms with E-state index in [2.05, 4.69) is 5.32 Å². The number of piperidine rings is 1. The SMILES string of the molecule is COCCN(C)CC(=O)N1C[C@H]2CC(=O)NC[C@H]2C1. The summed E-state index contributed by atoms with van der Waals surface area (Å²) in [6, 6.07) is 0. The molecule has 0 spiro atoms. The smallest absolute Gasteiger partial charge is 0.236 e. The number of likely N-dealkylation sites (N-methyl/N-ethyl adjacent to an activating group) is 1. The van der Waals surface area contributed by atoms with Gasteiger partial charge in [-0.15, -0.1) is 0 Å². The highest BCUT2D eigenvalue weighted by Crippen LogP contribution is 2.28. The lowest BCUT2D eigenvalue weighted by molar-refractivity contribution is -0.131. The molecule has 0 aromatic rings. The van der Waals surface area contributed by atoms with Crippen LogP contribution >= 0.6 is 0 Å². The molecule has 6 nitrogen and oxygen atoms in total. The largest absolute Gasteiger partial charge is 0.383 e. The summed E-state index contributed by atoms with van der Waals surface area (Å²) in [6.07, 6.45) is 0.563. The maximum atomic E-state index is 12.2. The topological polar surface area (TPSA) is 61.9 Å². The fourth-order valence-electron chi connectivity index (χ4n) is 2.82. The molecule has 19 heavy (non-hydrogen) atoms. The molecule has 6 heteroatoms. The number of nitrogens with zero attached hydrogens (tertiary/aromatic N) is 2. The molecule has 0 bridgehead atoms. The number of carbonyl (C=O) groups excluding carboxylic acids is 2. The molecule has 108 valence electrons. The zero-order valence-corrected chi connectivity index (χ0v) is 11.7. The summed E-state index contributed by atoms with van der Waals surface area (Å²) in [5, 5.41) is 2.88. The first kappa shape index (κ1) is 14.3. The number of amides is 2. The summed E-state index contributed by atoms with van der Waals surface area (Å²) < 4.78 is 5.00. The summed E-state index contributed by atoms with van der Waals surface area (Å²) in [5.74, 6) is 1.06. The van der Waals surface area contributed by atoms with Crippen molar-refractivity contribution >= 4 is 11.8 Å². The molecule has 0 saturated carbocycles. The maximum absolute atomic E-state index is 12.2. The van der Waals surface area contributed by atoms with Gasteiger partial charge in [0.05, 0.1) is 13.2 Å². The molecule has 0 aliphatic carbocycles. The van der Waals surface area contributed by atoms with E-state index in [1.807, 2.05) is 16.8 Å². The van der Waals surface area contributed by atoms with Gasteiger partial charge >= 0.3 is 0 Å². The molecule has 2 amide bonds. The van der Waals surface area contributed by atoms with Gasteiger partial charge < -0.3 is 15.0 Å². The van der Waals surface area contributed by atoms with Gasteiger partial charge in [0.1, 0.15) is 0 Å². The lowest BCUT2D eigenvalue weighted by Gasteiger charge is -2.23. The van der Waals surface area contributed by atoms with Gasteiger partial charge in [0.2, 0.25) is 11.8 Å². The highest BCUT2D eigenvalue weighted by molar-refractivity contribution is 5.80. The third kappa shape index (κ3) is 3.67. The van der Waals surface area contributed by atoms with Crippen molar-refractivity contribution in [3.63, 3.8) is 0 Å². The Kier molecular flexibility index (Phi) is 4.76. The first-order valence-electron chi connectivity index (χ1n) is 6.82. The van der Waals surface area contributed by atoms with Gasteiger partial charge in [0.15, 0.2) is 0 Å². The minimum atomic E-state index is 0.118. The number of rotatable bonds is 5. The predicted molar refractivity (Wildman–Crippen MR) is 70.6 cm³/mol. The molecule has 2 aliphatic rings. The zero-order chi connectivity index (χ0) is 13.8. The van der Waals surface area contributed by atoms with Crippen LogP contribution in [0.2, 0.25) is 0 Å². The van der Waals surface area contributed by atoms with E-state index in [0.717, 1.165) is 19.6 Å². The van der Waals surface area contributed by atoms with Crippen LogP contribution in [0.3, 0.4) is 0 Å². The van der Waals surface area contributed by atoms with Crippen molar-refractivity contribution in [1.29, 1.82) is 0 Å². The number of methoxy groups -OCH3 is 1. The van der Waals surface area contributed by atoms with Crippen molar-refractivity contribution in [3.8, 4) is 0 Å². The highest BCUT2D eigenvalue weighted by Gasteiger charge is 2.38. The number of hydrogen-bond acceptors (Lipinski definition) is 4. The van der Waals surface area contributed by atoms with E-state index in [1.54, 1.807) is 7.11 Å². The summed E-state index contributed by atoms with van der Waals surface area (Å²) >= 11 is 0. The molecule has 0 aromatic carbocycles. The Morgan fingerprint density at radius 1 is 1.47 bits per heavy atom. The molecule has 2 fully saturated rings. The molecular formula is C13H23N3O3. The molecular weight excluding hydrogens is 246 g/mol. The number of likely N-dealkylation sites (tertiary alicyclic amines) is 1. The van der Waals surface area contributed by atoms with Crippen LogP contribution in [0.15, 0.2) is 0 Å². The van der Waals surface area contributed by atoms with Gasteiger partial charge in [0.25, 0.3) is 0 Å². The van der Waals surface area contributed by atoms with Crippen LogP contribution < -0.4 is 5.32 Å². The van der Waals surface area contributed by atoms with Gasteiger partial charge in [-0.2, -0.15) is 0 Å². The summed E-state index contributed by atoms with van der Waals surface area (Å²) in [5.41, 5.74) is 0. The number of carbonyl (C=O) groups is 2. The van der Waals surface area contributed by atoms with Crippen molar-refractivity contribution in [1.82, 2.24) is 15.1 Å². The van der Waals surface area contributed by atoms with Crippen molar-refractivity contribution in [2.75, 3.05) is 53.5 Å². The highest BCUT2D eigenvalue weighted by atomic mass is 16.5. The third-order valence-corrected chi connectivity index (χ3v) is 4.02. The first-order valence-corrected chi connectivity index (χ1v) is 6.82. The van der Waals surface area contributed by atoms with E-state index in [0.29, 0.717) is 38.0 Å². The Morgan fingerprint density at radius 3 is 2.95 bits per heavy atom. The van der Waals surface area contributed by atoms with Crippen LogP contribution in [0.4, 0.5) is 0 Å². The summed E-state index contributed by atoms with van der Waals surface area (Å²) in [7, 11) is 3.58. The number of nitrogens with one attached hydrogen (secondary N) is 1. The second-order valence-corrected chi connectivity index (χ2v) is 5.56. The molecule has 0 aromatic heterocycles. The average Bonchev–Trinajstić information content (AvgIpc) is 2.79. The van der Waals surface area contributed by atoms with Gasteiger partial charge in [-0.25, -0.2) is 0 Å². The van der Waals surface area contributed by atoms with Gasteiger partial charge in [-0.1, -0.05) is 0 Å². The monoisotopic (exact) mass is 269 g/mol. The van der Waals surface area contributed by atoms with Crippen LogP contribution in [0.1, 0.15) is 6.42 Å². The Hall–Kier alpha value is -1.14. The number of fused-ring (bicyclic) bond motifs is 1. The van der Waals surface area contributed by atoms with Crippen LogP contribution in [-0.4, -0.2) is 75.1 Å². The van der Waals surface area contributed by atoms with Crippen LogP contribution in [0, 0.1) is 11.8 Å². The maximum Gasteiger partial charge on any atom is 0.236 e. The van der Waals surface area contributed by atoms with E-state index in [1.165, 1.54) is 0 Å². The lowest BCUT2D eigenvalue weighted by atomic mass is 9.89. The first-order chi connectivity index (χ1) is 9.10. The van der Waals surface area contributed by atoms with Gasteiger partial charge in [0, 0.05) is 39.7 Å². The van der Waals surface area contributed by atoms with Crippen LogP contribution in [0.5, 0.6) is 0 Å². The summed E-state index contributed by atoms with van der Waals surface area (Å²) in [4.78, 5) is 27.4. The Bertz CT molecular complexity index is 348. The van der Waals surface area contributed by atoms with Crippen LogP contribution in [0.25, 0.3) is 0 Å². The molecule has 2 rings (SSSR count). The van der Waals surface area contributed by atoms with E-state index in [9.17, 15) is 9.59 Å². The van der Waals surface area contributed by atoms with E-state index in [4.69, 9.17) is 4.74 Å². The molecule has 0 radical (unpaired) electrons. The normalized spacial score (nSPS) is 26.5. The zero-order valence-electron chi connectivity index (χ0n) is 11.7. The Morgan fingerprint density at radius 2 is 2.21 bits per heavy atom. The minimum Gasteiger partial charge on any atom is -0.383 e. The number of ether oxygens (including phenoxy) is 1. The Labute approximate surface area is 114 Å². The average molecular weight is 269 g/mol. The summed E-state index contributed by atoms with van der Waals surface area (Å²) in [6.45, 7) is 4.03. The van der Waals surface area contributed by atoms with E-state index in [-0.39, 0.29) is 11.8 Å². The third-order valence-electron chi connectivity index (χ3n) is 4.02. The number of hydrogen-bond donors (Lipinski definition) is 1. The molecule has 1 N–H and O–H groups in total. The van der Waals surface area contributed by atoms with Crippen molar-refractivity contribution in [3.05, 3.63) is 0 Å². The quantitative estimate of drug-likeness (QED) is 0.707. The molecule has 2 atom stereocenters. The molecule has 0 unspecified atom stereocenters. The predicted octanol–water partition coefficient (Wildman–Crippen LogP) is -0.841. The van der Waals surface area contributed by atoms with Crippen LogP contribution in [-0.2, 0) is 14.3 Å². The molecule has 2 aliphatic heterocycles. The second-order valence-electron chi connectivity index (χ2n) is 5.56. The fourth-order valence-corrected chi connectivity index (χ4v) is 2.82.